The van der Waals surface area contributed by atoms with Gasteiger partial charge in [0.05, 0.1) is 15.7 Å². The van der Waals surface area contributed by atoms with E-state index in [1.165, 1.54) is 18.2 Å². The molecule has 1 N–H and O–H groups in total. The molecule has 0 unspecified atom stereocenters. The zero-order chi connectivity index (χ0) is 24.7. The van der Waals surface area contributed by atoms with Crippen molar-refractivity contribution in [3.05, 3.63) is 105 Å². The number of urea groups is 1. The van der Waals surface area contributed by atoms with E-state index in [-0.39, 0.29) is 5.57 Å². The highest BCUT2D eigenvalue weighted by molar-refractivity contribution is 6.42. The van der Waals surface area contributed by atoms with Crippen LogP contribution in [0.5, 0.6) is 0 Å². The van der Waals surface area contributed by atoms with Crippen LogP contribution in [-0.4, -0.2) is 22.4 Å². The zero-order valence-corrected chi connectivity index (χ0v) is 20.2. The van der Waals surface area contributed by atoms with Crippen molar-refractivity contribution in [2.45, 2.75) is 6.54 Å². The number of halogens is 3. The highest BCUT2D eigenvalue weighted by Gasteiger charge is 2.37. The minimum atomic E-state index is -0.818. The van der Waals surface area contributed by atoms with Crippen LogP contribution in [0.3, 0.4) is 0 Å². The van der Waals surface area contributed by atoms with Crippen LogP contribution in [-0.2, 0) is 16.1 Å². The molecule has 1 fully saturated rings. The quantitative estimate of drug-likeness (QED) is 0.251. The molecule has 4 amide bonds. The third-order valence-corrected chi connectivity index (χ3v) is 6.63. The van der Waals surface area contributed by atoms with Crippen molar-refractivity contribution < 1.29 is 14.4 Å². The van der Waals surface area contributed by atoms with Gasteiger partial charge in [-0.25, -0.2) is 9.69 Å². The van der Waals surface area contributed by atoms with E-state index in [0.717, 1.165) is 21.4 Å². The number of rotatable bonds is 4. The maximum absolute atomic E-state index is 13.2. The largest absolute Gasteiger partial charge is 0.342 e. The SMILES string of the molecule is O=C1NC(=O)N(c2ccc(Cl)cc2)C(=O)/C1=C/c1cn(Cc2ccc(Cl)c(Cl)c2)c2ccccc12. The van der Waals surface area contributed by atoms with Crippen LogP contribution in [0.4, 0.5) is 10.5 Å². The van der Waals surface area contributed by atoms with Gasteiger partial charge in [-0.05, 0) is 54.1 Å². The van der Waals surface area contributed by atoms with Gasteiger partial charge >= 0.3 is 6.03 Å². The molecule has 0 radical (unpaired) electrons. The molecule has 1 aromatic heterocycles. The van der Waals surface area contributed by atoms with Crippen molar-refractivity contribution in [2.24, 2.45) is 0 Å². The molecule has 0 spiro atoms. The minimum absolute atomic E-state index is 0.156. The summed E-state index contributed by atoms with van der Waals surface area (Å²) >= 11 is 18.1. The molecule has 2 heterocycles. The van der Waals surface area contributed by atoms with E-state index < -0.39 is 17.8 Å². The Kier molecular flexibility index (Phi) is 6.11. The summed E-state index contributed by atoms with van der Waals surface area (Å²) in [6, 6.07) is 18.4. The van der Waals surface area contributed by atoms with Crippen molar-refractivity contribution in [3.63, 3.8) is 0 Å². The molecule has 0 bridgehead atoms. The fourth-order valence-corrected chi connectivity index (χ4v) is 4.44. The van der Waals surface area contributed by atoms with Crippen molar-refractivity contribution in [1.82, 2.24) is 9.88 Å². The molecule has 3 aromatic carbocycles. The molecule has 9 heteroatoms. The lowest BCUT2D eigenvalue weighted by atomic mass is 10.1. The first kappa shape index (κ1) is 23.2. The van der Waals surface area contributed by atoms with E-state index in [0.29, 0.717) is 32.9 Å². The van der Waals surface area contributed by atoms with Crippen LogP contribution < -0.4 is 10.2 Å². The molecular formula is C26H16Cl3N3O3. The molecule has 0 aliphatic carbocycles. The van der Waals surface area contributed by atoms with E-state index in [9.17, 15) is 14.4 Å². The van der Waals surface area contributed by atoms with Gasteiger partial charge in [-0.3, -0.25) is 14.9 Å². The van der Waals surface area contributed by atoms with Gasteiger partial charge in [0.25, 0.3) is 11.8 Å². The molecule has 174 valence electrons. The number of hydrogen-bond acceptors (Lipinski definition) is 3. The Morgan fingerprint density at radius 3 is 2.34 bits per heavy atom. The average Bonchev–Trinajstić information content (AvgIpc) is 3.17. The molecule has 0 saturated carbocycles. The van der Waals surface area contributed by atoms with E-state index in [1.807, 2.05) is 41.1 Å². The number of hydrogen-bond donors (Lipinski definition) is 1. The number of imide groups is 2. The molecular weight excluding hydrogens is 509 g/mol. The highest BCUT2D eigenvalue weighted by atomic mass is 35.5. The number of para-hydroxylation sites is 1. The summed E-state index contributed by atoms with van der Waals surface area (Å²) < 4.78 is 1.99. The average molecular weight is 525 g/mol. The first-order valence-corrected chi connectivity index (χ1v) is 11.6. The number of anilines is 1. The summed E-state index contributed by atoms with van der Waals surface area (Å²) in [5.41, 5.74) is 2.64. The van der Waals surface area contributed by atoms with Gasteiger partial charge < -0.3 is 4.57 Å². The summed E-state index contributed by atoms with van der Waals surface area (Å²) in [6.07, 6.45) is 3.35. The van der Waals surface area contributed by atoms with E-state index in [4.69, 9.17) is 34.8 Å². The van der Waals surface area contributed by atoms with Crippen molar-refractivity contribution in [1.29, 1.82) is 0 Å². The van der Waals surface area contributed by atoms with Crippen molar-refractivity contribution in [3.8, 4) is 0 Å². The Balaban J connectivity index is 1.56. The van der Waals surface area contributed by atoms with Crippen molar-refractivity contribution >= 4 is 75.3 Å². The maximum atomic E-state index is 13.2. The Labute approximate surface area is 215 Å². The second-order valence-corrected chi connectivity index (χ2v) is 9.16. The minimum Gasteiger partial charge on any atom is -0.342 e. The van der Waals surface area contributed by atoms with Gasteiger partial charge in [0.15, 0.2) is 0 Å². The first-order chi connectivity index (χ1) is 16.8. The van der Waals surface area contributed by atoms with Gasteiger partial charge in [0, 0.05) is 34.2 Å². The van der Waals surface area contributed by atoms with Crippen LogP contribution in [0, 0.1) is 0 Å². The number of benzene rings is 3. The number of fused-ring (bicyclic) bond motifs is 1. The van der Waals surface area contributed by atoms with Crippen LogP contribution >= 0.6 is 34.8 Å². The van der Waals surface area contributed by atoms with Gasteiger partial charge in [-0.15, -0.1) is 0 Å². The fraction of sp³-hybridized carbons (Fsp3) is 0.0385. The van der Waals surface area contributed by atoms with Crippen LogP contribution in [0.25, 0.3) is 17.0 Å². The second kappa shape index (κ2) is 9.23. The van der Waals surface area contributed by atoms with Crippen LogP contribution in [0.15, 0.2) is 78.5 Å². The Hall–Kier alpha value is -3.58. The van der Waals surface area contributed by atoms with E-state index in [1.54, 1.807) is 24.3 Å². The van der Waals surface area contributed by atoms with Gasteiger partial charge in [0.2, 0.25) is 0 Å². The fourth-order valence-electron chi connectivity index (χ4n) is 3.99. The predicted octanol–water partition coefficient (Wildman–Crippen LogP) is 6.32. The number of nitrogens with zero attached hydrogens (tertiary/aromatic N) is 2. The van der Waals surface area contributed by atoms with E-state index >= 15 is 0 Å². The van der Waals surface area contributed by atoms with Gasteiger partial charge in [0.1, 0.15) is 5.57 Å². The Morgan fingerprint density at radius 2 is 1.60 bits per heavy atom. The lowest BCUT2D eigenvalue weighted by Crippen LogP contribution is -2.54. The highest BCUT2D eigenvalue weighted by Crippen LogP contribution is 2.29. The predicted molar refractivity (Wildman–Crippen MR) is 138 cm³/mol. The topological polar surface area (TPSA) is 71.4 Å². The Morgan fingerprint density at radius 1 is 0.857 bits per heavy atom. The lowest BCUT2D eigenvalue weighted by molar-refractivity contribution is -0.122. The smallest absolute Gasteiger partial charge is 0.335 e. The van der Waals surface area contributed by atoms with E-state index in [2.05, 4.69) is 5.32 Å². The first-order valence-electron chi connectivity index (χ1n) is 10.5. The van der Waals surface area contributed by atoms with Crippen LogP contribution in [0.1, 0.15) is 11.1 Å². The molecule has 1 aliphatic heterocycles. The third-order valence-electron chi connectivity index (χ3n) is 5.64. The monoisotopic (exact) mass is 523 g/mol. The van der Waals surface area contributed by atoms with Gasteiger partial charge in [-0.1, -0.05) is 59.1 Å². The zero-order valence-electron chi connectivity index (χ0n) is 18.0. The number of carbonyl (C=O) groups excluding carboxylic acids is 3. The molecule has 4 aromatic rings. The summed E-state index contributed by atoms with van der Waals surface area (Å²) in [5.74, 6) is -1.48. The summed E-state index contributed by atoms with van der Waals surface area (Å²) in [6.45, 7) is 0.496. The molecule has 5 rings (SSSR count). The summed E-state index contributed by atoms with van der Waals surface area (Å²) in [4.78, 5) is 39.3. The normalized spacial score (nSPS) is 15.2. The lowest BCUT2D eigenvalue weighted by Gasteiger charge is -2.26. The number of barbiturate groups is 1. The number of nitrogens with one attached hydrogen (secondary N) is 1. The van der Waals surface area contributed by atoms with Gasteiger partial charge in [-0.2, -0.15) is 0 Å². The number of aromatic nitrogens is 1. The van der Waals surface area contributed by atoms with Crippen LogP contribution in [0.2, 0.25) is 15.1 Å². The standard InChI is InChI=1S/C26H16Cl3N3O3/c27-17-6-8-18(9-7-17)32-25(34)20(24(33)30-26(32)35)12-16-14-31(23-4-2-1-3-19(16)23)13-15-5-10-21(28)22(29)11-15/h1-12,14H,13H2,(H,30,33,35)/b20-12+. The molecule has 0 atom stereocenters. The summed E-state index contributed by atoms with van der Waals surface area (Å²) in [7, 11) is 0. The number of carbonyl (C=O) groups is 3. The maximum Gasteiger partial charge on any atom is 0.335 e. The Bertz CT molecular complexity index is 1540. The number of amides is 4. The molecule has 6 nitrogen and oxygen atoms in total. The molecule has 1 saturated heterocycles. The molecule has 35 heavy (non-hydrogen) atoms. The summed E-state index contributed by atoms with van der Waals surface area (Å²) in [5, 5.41) is 4.47. The molecule has 1 aliphatic rings. The third kappa shape index (κ3) is 4.44. The van der Waals surface area contributed by atoms with Crippen molar-refractivity contribution in [2.75, 3.05) is 4.90 Å². The second-order valence-electron chi connectivity index (χ2n) is 7.91.